The Labute approximate surface area is 198 Å². The Morgan fingerprint density at radius 3 is 2.12 bits per heavy atom. The van der Waals surface area contributed by atoms with Gasteiger partial charge in [-0.05, 0) is 50.2 Å². The molecule has 0 unspecified atom stereocenters. The maximum absolute atomic E-state index is 13.9. The smallest absolute Gasteiger partial charge is 0.349 e. The van der Waals surface area contributed by atoms with E-state index < -0.39 is 40.6 Å². The van der Waals surface area contributed by atoms with Crippen molar-refractivity contribution in [1.29, 1.82) is 0 Å². The topological polar surface area (TPSA) is 49.8 Å². The predicted molar refractivity (Wildman–Crippen MR) is 119 cm³/mol. The van der Waals surface area contributed by atoms with Crippen LogP contribution in [0.5, 0.6) is 0 Å². The molecule has 0 radical (unpaired) electrons. The van der Waals surface area contributed by atoms with E-state index in [0.29, 0.717) is 18.6 Å². The maximum atomic E-state index is 13.9. The summed E-state index contributed by atoms with van der Waals surface area (Å²) in [6, 6.07) is 4.88. The number of carbonyl (C=O) groups excluding carboxylic acids is 1. The number of halogens is 5. The van der Waals surface area contributed by atoms with Gasteiger partial charge in [0.15, 0.2) is 29.0 Å². The number of fused-ring (bicyclic) bond motifs is 2. The van der Waals surface area contributed by atoms with Crippen LogP contribution in [0.2, 0.25) is 0 Å². The molecule has 178 valence electrons. The Balaban J connectivity index is 0.000000968. The van der Waals surface area contributed by atoms with Gasteiger partial charge in [0.1, 0.15) is 0 Å². The Kier molecular flexibility index (Phi) is 7.65. The van der Waals surface area contributed by atoms with Gasteiger partial charge in [0.25, 0.3) is 0 Å². The highest BCUT2D eigenvalue weighted by Gasteiger charge is 2.52. The number of nitrogens with zero attached hydrogens (tertiary/aromatic N) is 1. The second-order valence-electron chi connectivity index (χ2n) is 7.91. The summed E-state index contributed by atoms with van der Waals surface area (Å²) in [5.41, 5.74) is -4.55. The van der Waals surface area contributed by atoms with Crippen LogP contribution in [-0.2, 0) is 15.1 Å². The first-order valence-corrected chi connectivity index (χ1v) is 11.5. The van der Waals surface area contributed by atoms with E-state index >= 15 is 0 Å². The third-order valence-corrected chi connectivity index (χ3v) is 6.01. The SMILES string of the molecule is CCBr.CN1[C@@H]2CC=C[C@@]1(OC(=O)C(O)(c1ccc(F)c(F)c1)c1ccc(F)c(F)c1)CC2. The third-order valence-electron chi connectivity index (χ3n) is 6.01. The van der Waals surface area contributed by atoms with Crippen molar-refractivity contribution in [2.24, 2.45) is 0 Å². The molecule has 2 aliphatic heterocycles. The Morgan fingerprint density at radius 2 is 1.64 bits per heavy atom. The zero-order valence-electron chi connectivity index (χ0n) is 18.1. The lowest BCUT2D eigenvalue weighted by molar-refractivity contribution is -0.187. The minimum Gasteiger partial charge on any atom is -0.437 e. The molecule has 2 aromatic rings. The quantitative estimate of drug-likeness (QED) is 0.257. The van der Waals surface area contributed by atoms with Crippen molar-refractivity contribution in [1.82, 2.24) is 4.90 Å². The largest absolute Gasteiger partial charge is 0.437 e. The molecule has 9 heteroatoms. The molecular formula is C24H24BrF4NO3. The molecule has 2 aliphatic rings. The van der Waals surface area contributed by atoms with Crippen LogP contribution < -0.4 is 0 Å². The molecule has 1 fully saturated rings. The average Bonchev–Trinajstić information content (AvgIpc) is 2.94. The fraction of sp³-hybridized carbons (Fsp3) is 0.375. The fourth-order valence-electron chi connectivity index (χ4n) is 4.17. The fourth-order valence-corrected chi connectivity index (χ4v) is 4.17. The third kappa shape index (κ3) is 4.72. The Bertz CT molecular complexity index is 1010. The molecule has 4 nitrogen and oxygen atoms in total. The van der Waals surface area contributed by atoms with E-state index in [4.69, 9.17) is 4.74 Å². The van der Waals surface area contributed by atoms with Crippen molar-refractivity contribution < 1.29 is 32.2 Å². The lowest BCUT2D eigenvalue weighted by Gasteiger charge is -2.40. The summed E-state index contributed by atoms with van der Waals surface area (Å²) in [6.07, 6.45) is 5.60. The van der Waals surface area contributed by atoms with Crippen LogP contribution in [0.15, 0.2) is 48.6 Å². The first kappa shape index (κ1) is 25.4. The molecule has 2 aromatic carbocycles. The molecule has 2 heterocycles. The van der Waals surface area contributed by atoms with Crippen molar-refractivity contribution in [2.45, 2.75) is 43.6 Å². The molecule has 4 rings (SSSR count). The summed E-state index contributed by atoms with van der Waals surface area (Å²) in [5.74, 6) is -6.21. The highest BCUT2D eigenvalue weighted by molar-refractivity contribution is 9.09. The number of aliphatic hydroxyl groups is 1. The van der Waals surface area contributed by atoms with Gasteiger partial charge in [0.05, 0.1) is 0 Å². The molecule has 0 aromatic heterocycles. The number of hydrogen-bond acceptors (Lipinski definition) is 4. The Morgan fingerprint density at radius 1 is 1.12 bits per heavy atom. The van der Waals surface area contributed by atoms with Crippen LogP contribution >= 0.6 is 15.9 Å². The van der Waals surface area contributed by atoms with Crippen molar-refractivity contribution in [3.05, 3.63) is 82.9 Å². The van der Waals surface area contributed by atoms with Gasteiger partial charge in [-0.2, -0.15) is 0 Å². The molecule has 0 saturated carbocycles. The van der Waals surface area contributed by atoms with Gasteiger partial charge in [0, 0.05) is 28.9 Å². The van der Waals surface area contributed by atoms with Crippen molar-refractivity contribution in [3.8, 4) is 0 Å². The van der Waals surface area contributed by atoms with Gasteiger partial charge in [-0.15, -0.1) is 0 Å². The lowest BCUT2D eigenvalue weighted by Crippen LogP contribution is -2.52. The van der Waals surface area contributed by atoms with E-state index in [9.17, 15) is 27.5 Å². The average molecular weight is 530 g/mol. The standard InChI is InChI=1S/C22H19F4NO3.C2H5Br/c1-27-15-3-2-9-21(27,10-8-15)30-20(28)22(29,13-4-6-16(23)18(25)11-13)14-5-7-17(24)19(26)12-14;1-2-3/h2,4-7,9,11-12,15,29H,3,8,10H2,1H3;2H2,1H3/t15-,21-;/m1./s1. The van der Waals surface area contributed by atoms with Gasteiger partial charge in [0.2, 0.25) is 5.60 Å². The summed E-state index contributed by atoms with van der Waals surface area (Å²) in [5, 5.41) is 12.5. The molecule has 0 aliphatic carbocycles. The van der Waals surface area contributed by atoms with Gasteiger partial charge in [-0.25, -0.2) is 22.4 Å². The summed E-state index contributed by atoms with van der Waals surface area (Å²) in [7, 11) is 1.78. The van der Waals surface area contributed by atoms with Gasteiger partial charge < -0.3 is 9.84 Å². The number of hydrogen-bond donors (Lipinski definition) is 1. The molecular weight excluding hydrogens is 506 g/mol. The zero-order chi connectivity index (χ0) is 24.4. The number of carbonyl (C=O) groups is 1. The number of rotatable bonds is 4. The molecule has 1 N–H and O–H groups in total. The van der Waals surface area contributed by atoms with Crippen LogP contribution in [0.25, 0.3) is 0 Å². The van der Waals surface area contributed by atoms with E-state index in [0.717, 1.165) is 42.4 Å². The number of benzene rings is 2. The van der Waals surface area contributed by atoms with E-state index in [1.165, 1.54) is 0 Å². The number of alkyl halides is 1. The van der Waals surface area contributed by atoms with Crippen molar-refractivity contribution in [3.63, 3.8) is 0 Å². The van der Waals surface area contributed by atoms with E-state index in [1.807, 2.05) is 17.9 Å². The first-order valence-electron chi connectivity index (χ1n) is 10.4. The summed E-state index contributed by atoms with van der Waals surface area (Å²) < 4.78 is 60.4. The molecule has 33 heavy (non-hydrogen) atoms. The molecule has 0 spiro atoms. The molecule has 0 amide bonds. The highest BCUT2D eigenvalue weighted by Crippen LogP contribution is 2.42. The highest BCUT2D eigenvalue weighted by atomic mass is 79.9. The van der Waals surface area contributed by atoms with Gasteiger partial charge in [-0.1, -0.05) is 41.1 Å². The minimum atomic E-state index is -2.69. The first-order chi connectivity index (χ1) is 15.6. The molecule has 2 bridgehead atoms. The second kappa shape index (κ2) is 9.95. The Hall–Kier alpha value is -2.23. The van der Waals surface area contributed by atoms with Crippen LogP contribution in [0.4, 0.5) is 17.6 Å². The van der Waals surface area contributed by atoms with E-state index in [-0.39, 0.29) is 17.2 Å². The summed E-state index contributed by atoms with van der Waals surface area (Å²) in [4.78, 5) is 15.2. The van der Waals surface area contributed by atoms with Crippen molar-refractivity contribution in [2.75, 3.05) is 12.4 Å². The minimum absolute atomic E-state index is 0.155. The number of likely N-dealkylation sites (N-methyl/N-ethyl adjacent to an activating group) is 1. The number of esters is 1. The van der Waals surface area contributed by atoms with Gasteiger partial charge in [-0.3, -0.25) is 4.90 Å². The van der Waals surface area contributed by atoms with Crippen LogP contribution in [0, 0.1) is 23.3 Å². The van der Waals surface area contributed by atoms with Crippen LogP contribution in [0.1, 0.15) is 37.3 Å². The van der Waals surface area contributed by atoms with Crippen LogP contribution in [0.3, 0.4) is 0 Å². The van der Waals surface area contributed by atoms with E-state index in [1.54, 1.807) is 13.1 Å². The van der Waals surface area contributed by atoms with Crippen LogP contribution in [-0.4, -0.2) is 40.1 Å². The second-order valence-corrected chi connectivity index (χ2v) is 9.03. The monoisotopic (exact) mass is 529 g/mol. The lowest BCUT2D eigenvalue weighted by atomic mass is 9.86. The molecule has 1 saturated heterocycles. The zero-order valence-corrected chi connectivity index (χ0v) is 19.7. The maximum Gasteiger partial charge on any atom is 0.349 e. The molecule has 2 atom stereocenters. The normalized spacial score (nSPS) is 22.0. The summed E-state index contributed by atoms with van der Waals surface area (Å²) in [6.45, 7) is 2.04. The summed E-state index contributed by atoms with van der Waals surface area (Å²) >= 11 is 3.15. The number of ether oxygens (including phenoxy) is 1. The van der Waals surface area contributed by atoms with Crippen molar-refractivity contribution >= 4 is 21.9 Å². The van der Waals surface area contributed by atoms with E-state index in [2.05, 4.69) is 15.9 Å². The van der Waals surface area contributed by atoms with Gasteiger partial charge >= 0.3 is 5.97 Å². The predicted octanol–water partition coefficient (Wildman–Crippen LogP) is 5.17.